The summed E-state index contributed by atoms with van der Waals surface area (Å²) in [6.45, 7) is 4.85. The highest BCUT2D eigenvalue weighted by molar-refractivity contribution is 6.03. The largest absolute Gasteiger partial charge is 0.497 e. The number of hydrogen-bond donors (Lipinski definition) is 0. The van der Waals surface area contributed by atoms with E-state index in [1.807, 2.05) is 42.5 Å². The maximum atomic E-state index is 14.5. The number of hydrogen-bond acceptors (Lipinski definition) is 5. The van der Waals surface area contributed by atoms with Gasteiger partial charge < -0.3 is 19.1 Å². The van der Waals surface area contributed by atoms with Crippen molar-refractivity contribution in [2.45, 2.75) is 31.2 Å². The minimum absolute atomic E-state index is 0.00961. The predicted octanol–water partition coefficient (Wildman–Crippen LogP) is 8.69. The lowest BCUT2D eigenvalue weighted by Crippen LogP contribution is -2.63. The third-order valence-electron chi connectivity index (χ3n) is 8.67. The molecule has 0 saturated heterocycles. The Labute approximate surface area is 247 Å². The lowest BCUT2D eigenvalue weighted by Gasteiger charge is -2.46. The van der Waals surface area contributed by atoms with Crippen molar-refractivity contribution in [2.24, 2.45) is 4.99 Å². The number of para-hydroxylation sites is 1. The predicted molar refractivity (Wildman–Crippen MR) is 163 cm³/mol. The minimum Gasteiger partial charge on any atom is -0.497 e. The Hall–Kier alpha value is -4.72. The van der Waals surface area contributed by atoms with Crippen LogP contribution in [0.5, 0.6) is 17.2 Å². The van der Waals surface area contributed by atoms with Gasteiger partial charge in [-0.15, -0.1) is 0 Å². The van der Waals surface area contributed by atoms with Crippen LogP contribution in [0.3, 0.4) is 0 Å². The van der Waals surface area contributed by atoms with Crippen molar-refractivity contribution in [1.82, 2.24) is 0 Å². The van der Waals surface area contributed by atoms with E-state index in [4.69, 9.17) is 19.2 Å². The van der Waals surface area contributed by atoms with E-state index in [0.717, 1.165) is 33.8 Å². The first-order valence-electron chi connectivity index (χ1n) is 14.1. The van der Waals surface area contributed by atoms with Crippen LogP contribution < -0.4 is 19.1 Å². The molecule has 0 radical (unpaired) electrons. The molecule has 2 aliphatic rings. The van der Waals surface area contributed by atoms with Crippen molar-refractivity contribution in [3.63, 3.8) is 0 Å². The topological polar surface area (TPSA) is 43.3 Å². The van der Waals surface area contributed by atoms with Gasteiger partial charge in [0.05, 0.1) is 30.8 Å². The molecule has 0 N–H and O–H groups in total. The molecule has 0 aromatic heterocycles. The van der Waals surface area contributed by atoms with Crippen molar-refractivity contribution in [3.8, 4) is 17.2 Å². The second-order valence-corrected chi connectivity index (χ2v) is 11.4. The number of methoxy groups -OCH3 is 1. The first kappa shape index (κ1) is 27.1. The number of alkyl halides is 3. The summed E-state index contributed by atoms with van der Waals surface area (Å²) < 4.78 is 61.6. The van der Waals surface area contributed by atoms with E-state index in [1.54, 1.807) is 18.3 Å². The van der Waals surface area contributed by atoms with Gasteiger partial charge in [0.1, 0.15) is 29.5 Å². The van der Waals surface area contributed by atoms with Crippen LogP contribution in [-0.2, 0) is 11.6 Å². The quantitative estimate of drug-likeness (QED) is 0.208. The molecule has 1 spiro atoms. The fourth-order valence-electron chi connectivity index (χ4n) is 6.59. The molecule has 0 amide bonds. The van der Waals surface area contributed by atoms with Gasteiger partial charge >= 0.3 is 6.18 Å². The summed E-state index contributed by atoms with van der Waals surface area (Å²) >= 11 is 0. The molecule has 8 heteroatoms. The molecule has 1 atom stereocenters. The summed E-state index contributed by atoms with van der Waals surface area (Å²) in [4.78, 5) is 6.95. The van der Waals surface area contributed by atoms with E-state index in [0.29, 0.717) is 30.0 Å². The van der Waals surface area contributed by atoms with Gasteiger partial charge in [0, 0.05) is 11.1 Å². The summed E-state index contributed by atoms with van der Waals surface area (Å²) in [5.74, 6) is 1.14. The third kappa shape index (κ3) is 4.11. The van der Waals surface area contributed by atoms with Crippen LogP contribution >= 0.6 is 0 Å². The molecule has 0 aliphatic carbocycles. The molecule has 7 rings (SSSR count). The molecule has 0 fully saturated rings. The smallest absolute Gasteiger partial charge is 0.417 e. The zero-order valence-corrected chi connectivity index (χ0v) is 23.9. The zero-order valence-electron chi connectivity index (χ0n) is 23.9. The minimum atomic E-state index is -4.62. The lowest BCUT2D eigenvalue weighted by atomic mass is 9.75. The Kier molecular flexibility index (Phi) is 6.09. The van der Waals surface area contributed by atoms with E-state index in [2.05, 4.69) is 43.0 Å². The molecule has 0 bridgehead atoms. The normalized spacial score (nSPS) is 18.5. The Morgan fingerprint density at radius 1 is 0.837 bits per heavy atom. The number of benzene rings is 5. The van der Waals surface area contributed by atoms with Crippen molar-refractivity contribution in [1.29, 1.82) is 0 Å². The Morgan fingerprint density at radius 2 is 1.60 bits per heavy atom. The summed E-state index contributed by atoms with van der Waals surface area (Å²) in [6, 6.07) is 27.4. The van der Waals surface area contributed by atoms with Gasteiger partial charge in [0.15, 0.2) is 0 Å². The number of anilines is 1. The number of aliphatic imine (C=N–C) groups is 1. The van der Waals surface area contributed by atoms with E-state index < -0.39 is 22.9 Å². The number of rotatable bonds is 5. The summed E-state index contributed by atoms with van der Waals surface area (Å²) in [5.41, 5.74) is -0.419. The van der Waals surface area contributed by atoms with Gasteiger partial charge in [-0.25, -0.2) is 0 Å². The number of nitrogens with zero attached hydrogens (tertiary/aromatic N) is 2. The van der Waals surface area contributed by atoms with Crippen molar-refractivity contribution < 1.29 is 27.4 Å². The first-order chi connectivity index (χ1) is 20.6. The highest BCUT2D eigenvalue weighted by Crippen LogP contribution is 2.57. The fourth-order valence-corrected chi connectivity index (χ4v) is 6.59. The molecule has 1 unspecified atom stereocenters. The maximum Gasteiger partial charge on any atom is 0.417 e. The van der Waals surface area contributed by atoms with Gasteiger partial charge in [-0.1, -0.05) is 48.5 Å². The summed E-state index contributed by atoms with van der Waals surface area (Å²) in [6.07, 6.45) is -2.87. The highest BCUT2D eigenvalue weighted by atomic mass is 19.4. The van der Waals surface area contributed by atoms with Crippen LogP contribution in [0.25, 0.3) is 21.5 Å². The molecule has 2 aliphatic heterocycles. The SMILES string of the molecule is COc1ccc2c3c(cc(C(F)(F)F)c2c1)OC1(C=N3)N(CCOc2ccccc2)c2ccc3ccccc3c2C1(C)C. The molecule has 5 aromatic carbocycles. The average molecular weight is 583 g/mol. The van der Waals surface area contributed by atoms with Gasteiger partial charge in [0.25, 0.3) is 0 Å². The average Bonchev–Trinajstić information content (AvgIpc) is 3.18. The van der Waals surface area contributed by atoms with E-state index >= 15 is 0 Å². The molecular formula is C35H29F3N2O3. The van der Waals surface area contributed by atoms with Crippen LogP contribution in [0.4, 0.5) is 24.5 Å². The second kappa shape index (κ2) is 9.66. The van der Waals surface area contributed by atoms with E-state index in [-0.39, 0.29) is 11.1 Å². The second-order valence-electron chi connectivity index (χ2n) is 11.4. The first-order valence-corrected chi connectivity index (χ1v) is 14.1. The number of fused-ring (bicyclic) bond motifs is 6. The van der Waals surface area contributed by atoms with Crippen LogP contribution in [0.15, 0.2) is 96.0 Å². The van der Waals surface area contributed by atoms with Gasteiger partial charge in [-0.2, -0.15) is 13.2 Å². The Morgan fingerprint density at radius 3 is 2.37 bits per heavy atom. The molecule has 2 heterocycles. The maximum absolute atomic E-state index is 14.5. The van der Waals surface area contributed by atoms with Crippen LogP contribution in [0.1, 0.15) is 25.0 Å². The standard InChI is InChI=1S/C35H29F3N2O3/c1-33(2)31-25-12-8-7-9-22(25)13-16-29(31)40(17-18-42-23-10-5-4-6-11-23)34(33)21-39-32-26-15-14-24(41-3)19-27(26)28(35(36,37)38)20-30(32)43-34/h4-16,19-21H,17-18H2,1-3H3. The number of ether oxygens (including phenoxy) is 3. The molecule has 43 heavy (non-hydrogen) atoms. The third-order valence-corrected chi connectivity index (χ3v) is 8.67. The number of halogens is 3. The van der Waals surface area contributed by atoms with Crippen molar-refractivity contribution >= 4 is 39.1 Å². The fraction of sp³-hybridized carbons (Fsp3) is 0.229. The molecule has 0 saturated carbocycles. The highest BCUT2D eigenvalue weighted by Gasteiger charge is 2.60. The van der Waals surface area contributed by atoms with Crippen LogP contribution in [0.2, 0.25) is 0 Å². The monoisotopic (exact) mass is 582 g/mol. The van der Waals surface area contributed by atoms with Gasteiger partial charge in [0.2, 0.25) is 5.72 Å². The molecular weight excluding hydrogens is 553 g/mol. The van der Waals surface area contributed by atoms with Crippen molar-refractivity contribution in [2.75, 3.05) is 25.2 Å². The van der Waals surface area contributed by atoms with Gasteiger partial charge in [-0.3, -0.25) is 4.99 Å². The molecule has 218 valence electrons. The van der Waals surface area contributed by atoms with Gasteiger partial charge in [-0.05, 0) is 78.0 Å². The van der Waals surface area contributed by atoms with Crippen LogP contribution in [-0.4, -0.2) is 32.2 Å². The molecule has 5 aromatic rings. The van der Waals surface area contributed by atoms with E-state index in [1.165, 1.54) is 13.2 Å². The summed E-state index contributed by atoms with van der Waals surface area (Å²) in [5, 5.41) is 2.48. The summed E-state index contributed by atoms with van der Waals surface area (Å²) in [7, 11) is 1.43. The Balaban J connectivity index is 1.40. The van der Waals surface area contributed by atoms with Crippen molar-refractivity contribution in [3.05, 3.63) is 102 Å². The molecule has 5 nitrogen and oxygen atoms in total. The Bertz CT molecular complexity index is 1900. The lowest BCUT2D eigenvalue weighted by molar-refractivity contribution is -0.136. The van der Waals surface area contributed by atoms with Crippen LogP contribution in [0, 0.1) is 0 Å². The zero-order chi connectivity index (χ0) is 30.0. The van der Waals surface area contributed by atoms with E-state index in [9.17, 15) is 13.2 Å².